The van der Waals surface area contributed by atoms with Crippen LogP contribution in [0.3, 0.4) is 0 Å². The molecule has 2 fully saturated rings. The first kappa shape index (κ1) is 21.9. The minimum Gasteiger partial charge on any atom is -0.472 e. The number of anilines is 1. The molecular formula is C21H23F3N6O2. The summed E-state index contributed by atoms with van der Waals surface area (Å²) in [4.78, 5) is 23.3. The summed E-state index contributed by atoms with van der Waals surface area (Å²) in [6, 6.07) is 5.31. The Hall–Kier alpha value is -3.34. The summed E-state index contributed by atoms with van der Waals surface area (Å²) >= 11 is 0. The Morgan fingerprint density at radius 1 is 1.28 bits per heavy atom. The van der Waals surface area contributed by atoms with Gasteiger partial charge in [-0.05, 0) is 43.9 Å². The highest BCUT2D eigenvalue weighted by atomic mass is 19.4. The number of hydrogen-bond acceptors (Lipinski definition) is 7. The predicted octanol–water partition coefficient (Wildman–Crippen LogP) is 2.60. The molecule has 3 atom stereocenters. The second-order valence-electron chi connectivity index (χ2n) is 7.97. The molecule has 1 saturated heterocycles. The minimum atomic E-state index is -4.46. The number of aryl methyl sites for hydroxylation is 1. The highest BCUT2D eigenvalue weighted by Gasteiger charge is 2.49. The molecule has 3 unspecified atom stereocenters. The number of carbonyl (C=O) groups is 1. The van der Waals surface area contributed by atoms with E-state index in [0.717, 1.165) is 18.7 Å². The molecule has 0 aromatic carbocycles. The van der Waals surface area contributed by atoms with Crippen molar-refractivity contribution in [3.63, 3.8) is 0 Å². The number of alkyl halides is 3. The number of fused-ring (bicyclic) bond motifs is 2. The van der Waals surface area contributed by atoms with Gasteiger partial charge in [-0.3, -0.25) is 9.80 Å². The molecule has 1 aliphatic carbocycles. The SMILES string of the molecule is Cc1ccc(C(=O)N2CC3CC(Oc4ccc(C(F)(F)F)cn4)C2C3)c(N(N)/C=C\N)n1. The second kappa shape index (κ2) is 8.30. The Kier molecular flexibility index (Phi) is 5.68. The molecule has 8 nitrogen and oxygen atoms in total. The van der Waals surface area contributed by atoms with Gasteiger partial charge in [-0.15, -0.1) is 0 Å². The number of ether oxygens (including phenoxy) is 1. The molecule has 2 aromatic heterocycles. The fourth-order valence-electron chi connectivity index (χ4n) is 4.32. The molecule has 1 amide bonds. The molecule has 2 aliphatic rings. The number of aromatic nitrogens is 2. The first-order chi connectivity index (χ1) is 15.2. The molecule has 0 radical (unpaired) electrons. The standard InChI is InChI=1S/C21H23F3N6O2/c1-12-2-4-15(19(28-12)30(26)7-6-25)20(31)29-11-13-8-16(29)17(9-13)32-18-5-3-14(10-27-18)21(22,23)24/h2-7,10,13,16-17H,8-9,11,25-26H2,1H3/b7-6-. The third-order valence-electron chi connectivity index (χ3n) is 5.76. The summed E-state index contributed by atoms with van der Waals surface area (Å²) in [5.41, 5.74) is 5.59. The van der Waals surface area contributed by atoms with E-state index in [1.807, 2.05) is 0 Å². The van der Waals surface area contributed by atoms with Gasteiger partial charge in [-0.2, -0.15) is 13.2 Å². The van der Waals surface area contributed by atoms with Gasteiger partial charge >= 0.3 is 6.18 Å². The Morgan fingerprint density at radius 2 is 2.06 bits per heavy atom. The highest BCUT2D eigenvalue weighted by molar-refractivity contribution is 5.99. The lowest BCUT2D eigenvalue weighted by atomic mass is 10.1. The molecule has 4 N–H and O–H groups in total. The lowest BCUT2D eigenvalue weighted by molar-refractivity contribution is -0.137. The van der Waals surface area contributed by atoms with E-state index in [1.165, 1.54) is 23.5 Å². The molecule has 1 aliphatic heterocycles. The smallest absolute Gasteiger partial charge is 0.417 e. The van der Waals surface area contributed by atoms with Crippen molar-refractivity contribution in [1.29, 1.82) is 0 Å². The summed E-state index contributed by atoms with van der Waals surface area (Å²) in [5.74, 6) is 6.36. The quantitative estimate of drug-likeness (QED) is 0.534. The van der Waals surface area contributed by atoms with Crippen LogP contribution in [-0.4, -0.2) is 39.5 Å². The molecule has 0 spiro atoms. The van der Waals surface area contributed by atoms with E-state index in [0.29, 0.717) is 24.2 Å². The van der Waals surface area contributed by atoms with Crippen LogP contribution in [0.5, 0.6) is 5.88 Å². The third kappa shape index (κ3) is 4.20. The Morgan fingerprint density at radius 3 is 2.69 bits per heavy atom. The summed E-state index contributed by atoms with van der Waals surface area (Å²) in [6.07, 6.45) is 0.0265. The van der Waals surface area contributed by atoms with Gasteiger partial charge in [-0.25, -0.2) is 15.8 Å². The molecule has 11 heteroatoms. The van der Waals surface area contributed by atoms with E-state index < -0.39 is 11.7 Å². The molecule has 32 heavy (non-hydrogen) atoms. The molecule has 2 aromatic rings. The van der Waals surface area contributed by atoms with Gasteiger partial charge in [0.15, 0.2) is 5.82 Å². The van der Waals surface area contributed by atoms with Gasteiger partial charge in [0.2, 0.25) is 5.88 Å². The molecule has 170 valence electrons. The predicted molar refractivity (Wildman–Crippen MR) is 110 cm³/mol. The molecule has 1 saturated carbocycles. The third-order valence-corrected chi connectivity index (χ3v) is 5.76. The van der Waals surface area contributed by atoms with Crippen molar-refractivity contribution >= 4 is 11.7 Å². The number of hydrogen-bond donors (Lipinski definition) is 2. The van der Waals surface area contributed by atoms with Crippen LogP contribution in [0.1, 0.15) is 34.5 Å². The first-order valence-electron chi connectivity index (χ1n) is 10.1. The average Bonchev–Trinajstić information content (AvgIpc) is 3.34. The van der Waals surface area contributed by atoms with Crippen LogP contribution in [0.2, 0.25) is 0 Å². The zero-order valence-corrected chi connectivity index (χ0v) is 17.3. The number of pyridine rings is 2. The number of hydrazine groups is 1. The number of halogens is 3. The lowest BCUT2D eigenvalue weighted by Crippen LogP contribution is -2.47. The monoisotopic (exact) mass is 448 g/mol. The number of nitrogens with zero attached hydrogens (tertiary/aromatic N) is 4. The van der Waals surface area contributed by atoms with Gasteiger partial charge in [0.05, 0.1) is 17.2 Å². The van der Waals surface area contributed by atoms with Gasteiger partial charge in [0, 0.05) is 36.9 Å². The van der Waals surface area contributed by atoms with Crippen LogP contribution in [0.25, 0.3) is 0 Å². The van der Waals surface area contributed by atoms with Crippen molar-refractivity contribution in [2.45, 2.75) is 38.1 Å². The van der Waals surface area contributed by atoms with Crippen LogP contribution < -0.4 is 21.3 Å². The maximum absolute atomic E-state index is 13.4. The minimum absolute atomic E-state index is 0.0989. The van der Waals surface area contributed by atoms with Crippen molar-refractivity contribution in [3.05, 3.63) is 59.7 Å². The molecular weight excluding hydrogens is 425 g/mol. The van der Waals surface area contributed by atoms with E-state index in [1.54, 1.807) is 24.0 Å². The zero-order chi connectivity index (χ0) is 23.0. The summed E-state index contributed by atoms with van der Waals surface area (Å²) in [5, 5.41) is 1.19. The fourth-order valence-corrected chi connectivity index (χ4v) is 4.32. The molecule has 3 heterocycles. The highest BCUT2D eigenvalue weighted by Crippen LogP contribution is 2.41. The number of amides is 1. The van der Waals surface area contributed by atoms with Crippen molar-refractivity contribution in [3.8, 4) is 5.88 Å². The van der Waals surface area contributed by atoms with E-state index in [2.05, 4.69) is 9.97 Å². The topological polar surface area (TPSA) is 111 Å². The Balaban J connectivity index is 1.53. The summed E-state index contributed by atoms with van der Waals surface area (Å²) < 4.78 is 44.1. The van der Waals surface area contributed by atoms with Crippen LogP contribution in [0.4, 0.5) is 19.0 Å². The van der Waals surface area contributed by atoms with Crippen molar-refractivity contribution < 1.29 is 22.7 Å². The van der Waals surface area contributed by atoms with E-state index in [4.69, 9.17) is 16.3 Å². The summed E-state index contributed by atoms with van der Waals surface area (Å²) in [7, 11) is 0. The van der Waals surface area contributed by atoms with Crippen LogP contribution >= 0.6 is 0 Å². The fraction of sp³-hybridized carbons (Fsp3) is 0.381. The van der Waals surface area contributed by atoms with Crippen LogP contribution in [-0.2, 0) is 6.18 Å². The van der Waals surface area contributed by atoms with Crippen molar-refractivity contribution in [2.24, 2.45) is 17.5 Å². The van der Waals surface area contributed by atoms with E-state index in [-0.39, 0.29) is 35.7 Å². The van der Waals surface area contributed by atoms with E-state index >= 15 is 0 Å². The van der Waals surface area contributed by atoms with Crippen molar-refractivity contribution in [2.75, 3.05) is 11.6 Å². The lowest BCUT2D eigenvalue weighted by Gasteiger charge is -2.33. The number of likely N-dealkylation sites (tertiary alicyclic amines) is 1. The van der Waals surface area contributed by atoms with Crippen LogP contribution in [0.15, 0.2) is 42.9 Å². The normalized spacial score (nSPS) is 22.5. The number of carbonyl (C=O) groups excluding carboxylic acids is 1. The van der Waals surface area contributed by atoms with Gasteiger partial charge < -0.3 is 15.4 Å². The van der Waals surface area contributed by atoms with Crippen LogP contribution in [0, 0.1) is 12.8 Å². The maximum Gasteiger partial charge on any atom is 0.417 e. The van der Waals surface area contributed by atoms with Crippen molar-refractivity contribution in [1.82, 2.24) is 14.9 Å². The average molecular weight is 448 g/mol. The largest absolute Gasteiger partial charge is 0.472 e. The first-order valence-corrected chi connectivity index (χ1v) is 10.1. The number of nitrogens with two attached hydrogens (primary N) is 2. The number of rotatable bonds is 5. The molecule has 2 bridgehead atoms. The van der Waals surface area contributed by atoms with Gasteiger partial charge in [0.1, 0.15) is 6.10 Å². The Bertz CT molecular complexity index is 1030. The van der Waals surface area contributed by atoms with Gasteiger partial charge in [-0.1, -0.05) is 0 Å². The molecule has 4 rings (SSSR count). The summed E-state index contributed by atoms with van der Waals surface area (Å²) in [6.45, 7) is 2.35. The zero-order valence-electron chi connectivity index (χ0n) is 17.3. The Labute approximate surface area is 182 Å². The second-order valence-corrected chi connectivity index (χ2v) is 7.97. The van der Waals surface area contributed by atoms with Gasteiger partial charge in [0.25, 0.3) is 5.91 Å². The maximum atomic E-state index is 13.4. The number of piperidine rings is 1. The van der Waals surface area contributed by atoms with E-state index in [9.17, 15) is 18.0 Å².